The number of hydrogen-bond acceptors (Lipinski definition) is 5. The molecule has 29 heavy (non-hydrogen) atoms. The molecule has 0 bridgehead atoms. The molecule has 0 atom stereocenters. The molecule has 0 saturated carbocycles. The van der Waals surface area contributed by atoms with Gasteiger partial charge in [0, 0.05) is 42.6 Å². The van der Waals surface area contributed by atoms with E-state index in [0.29, 0.717) is 12.0 Å². The van der Waals surface area contributed by atoms with Crippen LogP contribution in [0.15, 0.2) is 54.9 Å². The molecule has 0 amide bonds. The van der Waals surface area contributed by atoms with Crippen molar-refractivity contribution in [3.8, 4) is 5.69 Å². The second-order valence-corrected chi connectivity index (χ2v) is 8.32. The van der Waals surface area contributed by atoms with Gasteiger partial charge >= 0.3 is 0 Å². The molecule has 1 fully saturated rings. The van der Waals surface area contributed by atoms with Crippen molar-refractivity contribution in [2.75, 3.05) is 30.0 Å². The van der Waals surface area contributed by atoms with Crippen molar-refractivity contribution >= 4 is 17.3 Å². The summed E-state index contributed by atoms with van der Waals surface area (Å²) < 4.78 is 7.47. The highest BCUT2D eigenvalue weighted by Crippen LogP contribution is 2.48. The van der Waals surface area contributed by atoms with E-state index in [4.69, 9.17) is 4.74 Å². The molecule has 6 heteroatoms. The van der Waals surface area contributed by atoms with E-state index >= 15 is 0 Å². The van der Waals surface area contributed by atoms with Crippen LogP contribution in [0.5, 0.6) is 0 Å². The van der Waals surface area contributed by atoms with Crippen LogP contribution in [-0.2, 0) is 10.2 Å². The molecule has 0 aliphatic carbocycles. The van der Waals surface area contributed by atoms with Gasteiger partial charge < -0.3 is 15.0 Å². The number of ether oxygens (including phenoxy) is 1. The summed E-state index contributed by atoms with van der Waals surface area (Å²) in [7, 11) is 0. The third-order valence-electron chi connectivity index (χ3n) is 6.19. The van der Waals surface area contributed by atoms with Crippen molar-refractivity contribution in [2.24, 2.45) is 0 Å². The van der Waals surface area contributed by atoms with Gasteiger partial charge in [-0.2, -0.15) is 4.98 Å². The van der Waals surface area contributed by atoms with E-state index in [2.05, 4.69) is 52.3 Å². The van der Waals surface area contributed by atoms with E-state index in [1.807, 2.05) is 30.3 Å². The first kappa shape index (κ1) is 18.2. The zero-order valence-electron chi connectivity index (χ0n) is 17.0. The van der Waals surface area contributed by atoms with Crippen molar-refractivity contribution in [1.29, 1.82) is 0 Å². The molecule has 1 aromatic heterocycles. The Morgan fingerprint density at radius 1 is 1.07 bits per heavy atom. The first-order chi connectivity index (χ1) is 14.1. The van der Waals surface area contributed by atoms with Crippen LogP contribution in [0.3, 0.4) is 0 Å². The van der Waals surface area contributed by atoms with Crippen LogP contribution in [0.25, 0.3) is 5.69 Å². The van der Waals surface area contributed by atoms with E-state index in [1.165, 1.54) is 11.3 Å². The Bertz CT molecular complexity index is 992. The molecule has 1 spiro atoms. The predicted octanol–water partition coefficient (Wildman–Crippen LogP) is 4.29. The monoisotopic (exact) mass is 389 g/mol. The molecule has 1 N–H and O–H groups in total. The lowest BCUT2D eigenvalue weighted by Crippen LogP contribution is -2.40. The molecule has 2 aliphatic heterocycles. The van der Waals surface area contributed by atoms with E-state index < -0.39 is 0 Å². The Balaban J connectivity index is 1.44. The first-order valence-corrected chi connectivity index (χ1v) is 10.4. The summed E-state index contributed by atoms with van der Waals surface area (Å²) in [6, 6.07) is 17.2. The summed E-state index contributed by atoms with van der Waals surface area (Å²) in [4.78, 5) is 6.97. The summed E-state index contributed by atoms with van der Waals surface area (Å²) in [5.41, 5.74) is 5.01. The van der Waals surface area contributed by atoms with E-state index in [1.54, 1.807) is 11.0 Å². The molecule has 2 aromatic carbocycles. The number of rotatable bonds is 4. The third kappa shape index (κ3) is 3.27. The molecule has 2 aliphatic rings. The van der Waals surface area contributed by atoms with Gasteiger partial charge in [0.25, 0.3) is 0 Å². The predicted molar refractivity (Wildman–Crippen MR) is 115 cm³/mol. The molecule has 0 radical (unpaired) electrons. The van der Waals surface area contributed by atoms with Gasteiger partial charge in [0.05, 0.1) is 5.69 Å². The maximum absolute atomic E-state index is 5.68. The molecular formula is C23H27N5O. The lowest BCUT2D eigenvalue weighted by molar-refractivity contribution is 0.0551. The van der Waals surface area contributed by atoms with Crippen LogP contribution in [0.2, 0.25) is 0 Å². The van der Waals surface area contributed by atoms with Crippen LogP contribution in [0, 0.1) is 0 Å². The molecule has 6 nitrogen and oxygen atoms in total. The molecule has 0 unspecified atom stereocenters. The largest absolute Gasteiger partial charge is 0.381 e. The number of nitrogens with zero attached hydrogens (tertiary/aromatic N) is 4. The van der Waals surface area contributed by atoms with Gasteiger partial charge in [0.1, 0.15) is 6.33 Å². The number of anilines is 3. The smallest absolute Gasteiger partial charge is 0.246 e. The second kappa shape index (κ2) is 7.19. The third-order valence-corrected chi connectivity index (χ3v) is 6.19. The van der Waals surface area contributed by atoms with Gasteiger partial charge in [-0.05, 0) is 62.6 Å². The number of para-hydroxylation sites is 1. The molecule has 1 saturated heterocycles. The van der Waals surface area contributed by atoms with Gasteiger partial charge in [-0.25, -0.2) is 4.68 Å². The minimum absolute atomic E-state index is 0.187. The Morgan fingerprint density at radius 2 is 1.86 bits per heavy atom. The summed E-state index contributed by atoms with van der Waals surface area (Å²) in [5, 5.41) is 7.98. The Kier molecular flexibility index (Phi) is 4.51. The highest BCUT2D eigenvalue weighted by atomic mass is 16.5. The standard InChI is InChI=1S/C23H27N5O/c1-17(2)27-15-23(10-12-29-13-11-23)20-14-18(8-9-21(20)27)25-22-24-16-28(26-22)19-6-4-3-5-7-19/h3-9,14,16-17H,10-13,15H2,1-2H3,(H,25,26). The summed E-state index contributed by atoms with van der Waals surface area (Å²) >= 11 is 0. The normalized spacial score (nSPS) is 17.7. The number of aromatic nitrogens is 3. The van der Waals surface area contributed by atoms with Gasteiger partial charge in [-0.3, -0.25) is 0 Å². The number of fused-ring (bicyclic) bond motifs is 2. The summed E-state index contributed by atoms with van der Waals surface area (Å²) in [6.45, 7) is 7.30. The fourth-order valence-corrected chi connectivity index (χ4v) is 4.59. The minimum atomic E-state index is 0.187. The molecule has 3 heterocycles. The Labute approximate surface area is 171 Å². The van der Waals surface area contributed by atoms with Crippen LogP contribution in [0.4, 0.5) is 17.3 Å². The van der Waals surface area contributed by atoms with E-state index in [9.17, 15) is 0 Å². The average molecular weight is 390 g/mol. The average Bonchev–Trinajstić information content (AvgIpc) is 3.33. The van der Waals surface area contributed by atoms with E-state index in [-0.39, 0.29) is 5.41 Å². The SMILES string of the molecule is CC(C)N1CC2(CCOCC2)c2cc(Nc3ncn(-c4ccccc4)n3)ccc21. The molecular weight excluding hydrogens is 362 g/mol. The van der Waals surface area contributed by atoms with Crippen molar-refractivity contribution in [3.63, 3.8) is 0 Å². The van der Waals surface area contributed by atoms with Gasteiger partial charge in [-0.15, -0.1) is 5.10 Å². The zero-order valence-corrected chi connectivity index (χ0v) is 17.0. The quantitative estimate of drug-likeness (QED) is 0.721. The van der Waals surface area contributed by atoms with Crippen molar-refractivity contribution < 1.29 is 4.74 Å². The number of nitrogens with one attached hydrogen (secondary N) is 1. The van der Waals surface area contributed by atoms with Crippen LogP contribution in [0.1, 0.15) is 32.3 Å². The number of benzene rings is 2. The Morgan fingerprint density at radius 3 is 2.62 bits per heavy atom. The molecule has 150 valence electrons. The summed E-state index contributed by atoms with van der Waals surface area (Å²) in [6.07, 6.45) is 3.90. The molecule has 3 aromatic rings. The van der Waals surface area contributed by atoms with Crippen LogP contribution in [-0.4, -0.2) is 40.6 Å². The van der Waals surface area contributed by atoms with Crippen molar-refractivity contribution in [3.05, 3.63) is 60.4 Å². The van der Waals surface area contributed by atoms with Crippen molar-refractivity contribution in [1.82, 2.24) is 14.8 Å². The lowest BCUT2D eigenvalue weighted by Gasteiger charge is -2.35. The Hall–Kier alpha value is -2.86. The van der Waals surface area contributed by atoms with Gasteiger partial charge in [-0.1, -0.05) is 18.2 Å². The fraction of sp³-hybridized carbons (Fsp3) is 0.391. The maximum atomic E-state index is 5.68. The number of hydrogen-bond donors (Lipinski definition) is 1. The van der Waals surface area contributed by atoms with Gasteiger partial charge in [0.15, 0.2) is 0 Å². The fourth-order valence-electron chi connectivity index (χ4n) is 4.59. The van der Waals surface area contributed by atoms with Gasteiger partial charge in [0.2, 0.25) is 5.95 Å². The van der Waals surface area contributed by atoms with E-state index in [0.717, 1.165) is 44.0 Å². The highest BCUT2D eigenvalue weighted by Gasteiger charge is 2.44. The highest BCUT2D eigenvalue weighted by molar-refractivity contribution is 5.70. The first-order valence-electron chi connectivity index (χ1n) is 10.4. The van der Waals surface area contributed by atoms with Crippen LogP contribution >= 0.6 is 0 Å². The topological polar surface area (TPSA) is 55.2 Å². The second-order valence-electron chi connectivity index (χ2n) is 8.32. The maximum Gasteiger partial charge on any atom is 0.246 e. The minimum Gasteiger partial charge on any atom is -0.381 e. The van der Waals surface area contributed by atoms with Crippen LogP contribution < -0.4 is 10.2 Å². The molecule has 5 rings (SSSR count). The lowest BCUT2D eigenvalue weighted by atomic mass is 9.76. The zero-order chi connectivity index (χ0) is 19.8. The summed E-state index contributed by atoms with van der Waals surface area (Å²) in [5.74, 6) is 0.605. The van der Waals surface area contributed by atoms with Crippen molar-refractivity contribution in [2.45, 2.75) is 38.1 Å².